The average molecular weight is 532 g/mol. The summed E-state index contributed by atoms with van der Waals surface area (Å²) in [6.07, 6.45) is 12.9. The number of aliphatic hydroxyl groups is 1. The Balaban J connectivity index is 1.29. The van der Waals surface area contributed by atoms with Crippen molar-refractivity contribution in [3.05, 3.63) is 68.7 Å². The van der Waals surface area contributed by atoms with E-state index >= 15 is 0 Å². The lowest BCUT2D eigenvalue weighted by Crippen LogP contribution is -2.44. The Kier molecular flexibility index (Phi) is 6.37. The molecule has 1 aromatic heterocycles. The summed E-state index contributed by atoms with van der Waals surface area (Å²) in [5, 5.41) is 10.6. The van der Waals surface area contributed by atoms with Gasteiger partial charge in [-0.3, -0.25) is 14.3 Å². The predicted octanol–water partition coefficient (Wildman–Crippen LogP) is 6.33. The molecular formula is C32H38ClN3O2. The second-order valence-electron chi connectivity index (χ2n) is 12.3. The lowest BCUT2D eigenvalue weighted by Gasteiger charge is -2.41. The van der Waals surface area contributed by atoms with Crippen molar-refractivity contribution in [1.29, 1.82) is 0 Å². The van der Waals surface area contributed by atoms with Crippen LogP contribution in [0.3, 0.4) is 0 Å². The van der Waals surface area contributed by atoms with E-state index in [1.807, 2.05) is 12.1 Å². The maximum atomic E-state index is 13.2. The van der Waals surface area contributed by atoms with E-state index < -0.39 is 0 Å². The van der Waals surface area contributed by atoms with Crippen molar-refractivity contribution in [2.24, 2.45) is 5.92 Å². The summed E-state index contributed by atoms with van der Waals surface area (Å²) in [5.74, 6) is 1.94. The van der Waals surface area contributed by atoms with E-state index in [2.05, 4.69) is 27.7 Å². The van der Waals surface area contributed by atoms with Crippen molar-refractivity contribution < 1.29 is 5.11 Å². The van der Waals surface area contributed by atoms with Crippen LogP contribution in [0, 0.1) is 5.92 Å². The van der Waals surface area contributed by atoms with Crippen molar-refractivity contribution in [1.82, 2.24) is 14.5 Å². The number of nitrogens with zero attached hydrogens (tertiary/aromatic N) is 3. The number of aliphatic hydroxyl groups excluding tert-OH is 1. The van der Waals surface area contributed by atoms with Gasteiger partial charge in [-0.2, -0.15) is 4.98 Å². The Morgan fingerprint density at radius 1 is 1.00 bits per heavy atom. The number of aromatic nitrogens is 2. The van der Waals surface area contributed by atoms with Gasteiger partial charge in [0.05, 0.1) is 27.0 Å². The molecule has 0 radical (unpaired) electrons. The van der Waals surface area contributed by atoms with Gasteiger partial charge in [-0.05, 0) is 99.1 Å². The number of benzene rings is 2. The molecule has 3 fully saturated rings. The normalized spacial score (nSPS) is 26.9. The largest absolute Gasteiger partial charge is 0.396 e. The number of hydrogen-bond donors (Lipinski definition) is 1. The number of piperidine rings is 1. The molecule has 2 saturated carbocycles. The van der Waals surface area contributed by atoms with Crippen LogP contribution in [0.15, 0.2) is 41.2 Å². The zero-order chi connectivity index (χ0) is 25.9. The molecule has 5 nitrogen and oxygen atoms in total. The quantitative estimate of drug-likeness (QED) is 0.429. The third-order valence-electron chi connectivity index (χ3n) is 10.3. The highest BCUT2D eigenvalue weighted by Crippen LogP contribution is 2.52. The topological polar surface area (TPSA) is 58.4 Å². The number of fused-ring (bicyclic) bond motifs is 7. The Labute approximate surface area is 229 Å². The standard InChI is InChI=1S/C32H38ClN3O2/c33-26-7-4-8-27-29(26)30(38)34-31-32(15-2-1-3-16-32)25-14-11-22(18-28(25)36(27)31)23-6-5-17-35(19-23)24-12-9-21(20-37)10-13-24/h4,7-8,11,14,18,21,23-24,37H,1-3,5-6,9-10,12-13,15-17,19-20H2/t21?,23-,24?/m0/s1. The van der Waals surface area contributed by atoms with Crippen LogP contribution in [0.2, 0.25) is 5.02 Å². The molecule has 200 valence electrons. The fourth-order valence-electron chi connectivity index (χ4n) is 8.26. The summed E-state index contributed by atoms with van der Waals surface area (Å²) < 4.78 is 2.28. The van der Waals surface area contributed by atoms with Crippen LogP contribution in [-0.4, -0.2) is 45.3 Å². The first-order valence-electron chi connectivity index (χ1n) is 14.8. The van der Waals surface area contributed by atoms with Crippen LogP contribution < -0.4 is 5.56 Å². The Morgan fingerprint density at radius 3 is 2.61 bits per heavy atom. The fourth-order valence-corrected chi connectivity index (χ4v) is 8.51. The Bertz CT molecular complexity index is 1420. The predicted molar refractivity (Wildman–Crippen MR) is 153 cm³/mol. The smallest absolute Gasteiger partial charge is 0.282 e. The van der Waals surface area contributed by atoms with Crippen molar-refractivity contribution in [3.8, 4) is 5.69 Å². The lowest BCUT2D eigenvalue weighted by atomic mass is 9.69. The van der Waals surface area contributed by atoms with Crippen LogP contribution >= 0.6 is 11.6 Å². The molecule has 3 heterocycles. The van der Waals surface area contributed by atoms with Crippen molar-refractivity contribution >= 4 is 22.5 Å². The van der Waals surface area contributed by atoms with E-state index in [1.54, 1.807) is 6.07 Å². The molecule has 38 heavy (non-hydrogen) atoms. The molecule has 1 atom stereocenters. The van der Waals surface area contributed by atoms with E-state index in [1.165, 1.54) is 68.3 Å². The van der Waals surface area contributed by atoms with Gasteiger partial charge in [-0.15, -0.1) is 0 Å². The summed E-state index contributed by atoms with van der Waals surface area (Å²) in [6, 6.07) is 13.6. The zero-order valence-electron chi connectivity index (χ0n) is 22.2. The van der Waals surface area contributed by atoms with Crippen molar-refractivity contribution in [2.75, 3.05) is 19.7 Å². The SMILES string of the molecule is O=c1nc2n(c3cccc(Cl)c13)-c1cc([C@H]3CCCN(C4CCC(CO)CC4)C3)ccc1C21CCCCC1. The average Bonchev–Trinajstić information content (AvgIpc) is 3.21. The van der Waals surface area contributed by atoms with Gasteiger partial charge >= 0.3 is 0 Å². The molecule has 4 aliphatic rings. The van der Waals surface area contributed by atoms with E-state index in [0.29, 0.717) is 34.9 Å². The number of halogens is 1. The molecule has 0 amide bonds. The highest BCUT2D eigenvalue weighted by Gasteiger charge is 2.46. The molecule has 0 unspecified atom stereocenters. The van der Waals surface area contributed by atoms with Gasteiger partial charge in [0.2, 0.25) is 0 Å². The van der Waals surface area contributed by atoms with Gasteiger partial charge in [-0.1, -0.05) is 49.1 Å². The van der Waals surface area contributed by atoms with Crippen LogP contribution in [-0.2, 0) is 5.41 Å². The minimum atomic E-state index is -0.200. The molecular weight excluding hydrogens is 494 g/mol. The maximum Gasteiger partial charge on any atom is 0.282 e. The number of likely N-dealkylation sites (tertiary alicyclic amines) is 1. The van der Waals surface area contributed by atoms with Gasteiger partial charge in [0, 0.05) is 19.2 Å². The maximum absolute atomic E-state index is 13.2. The first kappa shape index (κ1) is 24.8. The van der Waals surface area contributed by atoms with Crippen LogP contribution in [0.4, 0.5) is 0 Å². The first-order valence-corrected chi connectivity index (χ1v) is 15.2. The number of rotatable bonds is 3. The summed E-state index contributed by atoms with van der Waals surface area (Å²) >= 11 is 6.56. The zero-order valence-corrected chi connectivity index (χ0v) is 22.9. The minimum Gasteiger partial charge on any atom is -0.396 e. The second-order valence-corrected chi connectivity index (χ2v) is 12.7. The molecule has 2 aliphatic carbocycles. The fraction of sp³-hybridized carbons (Fsp3) is 0.562. The van der Waals surface area contributed by atoms with Crippen molar-refractivity contribution in [2.45, 2.75) is 88.0 Å². The van der Waals surface area contributed by atoms with E-state index in [-0.39, 0.29) is 11.0 Å². The number of hydrogen-bond acceptors (Lipinski definition) is 4. The van der Waals surface area contributed by atoms with Gasteiger partial charge in [0.1, 0.15) is 5.82 Å². The van der Waals surface area contributed by atoms with Crippen LogP contribution in [0.25, 0.3) is 16.6 Å². The summed E-state index contributed by atoms with van der Waals surface area (Å²) in [5.41, 5.74) is 4.47. The first-order chi connectivity index (χ1) is 18.6. The van der Waals surface area contributed by atoms with E-state index in [0.717, 1.165) is 43.6 Å². The molecule has 6 heteroatoms. The highest BCUT2D eigenvalue weighted by atomic mass is 35.5. The van der Waals surface area contributed by atoms with Gasteiger partial charge in [0.15, 0.2) is 0 Å². The Hall–Kier alpha value is -2.21. The van der Waals surface area contributed by atoms with Gasteiger partial charge < -0.3 is 5.11 Å². The second kappa shape index (κ2) is 9.76. The summed E-state index contributed by atoms with van der Waals surface area (Å²) in [6.45, 7) is 2.64. The minimum absolute atomic E-state index is 0.175. The molecule has 2 aromatic carbocycles. The third kappa shape index (κ3) is 3.88. The summed E-state index contributed by atoms with van der Waals surface area (Å²) in [4.78, 5) is 20.7. The van der Waals surface area contributed by atoms with Crippen LogP contribution in [0.5, 0.6) is 0 Å². The molecule has 1 N–H and O–H groups in total. The van der Waals surface area contributed by atoms with E-state index in [4.69, 9.17) is 16.6 Å². The third-order valence-corrected chi connectivity index (χ3v) is 10.6. The van der Waals surface area contributed by atoms with Crippen LogP contribution in [0.1, 0.15) is 93.5 Å². The molecule has 3 aromatic rings. The molecule has 0 bridgehead atoms. The molecule has 7 rings (SSSR count). The summed E-state index contributed by atoms with van der Waals surface area (Å²) in [7, 11) is 0. The molecule has 1 saturated heterocycles. The molecule has 1 spiro atoms. The van der Waals surface area contributed by atoms with E-state index in [9.17, 15) is 9.90 Å². The van der Waals surface area contributed by atoms with Gasteiger partial charge in [0.25, 0.3) is 5.56 Å². The van der Waals surface area contributed by atoms with Gasteiger partial charge in [-0.25, -0.2) is 0 Å². The highest BCUT2D eigenvalue weighted by molar-refractivity contribution is 6.35. The monoisotopic (exact) mass is 531 g/mol. The lowest BCUT2D eigenvalue weighted by molar-refractivity contribution is 0.0884. The van der Waals surface area contributed by atoms with Crippen molar-refractivity contribution in [3.63, 3.8) is 0 Å². The molecule has 2 aliphatic heterocycles. The Morgan fingerprint density at radius 2 is 1.82 bits per heavy atom.